The van der Waals surface area contributed by atoms with Crippen molar-refractivity contribution < 1.29 is 9.90 Å². The van der Waals surface area contributed by atoms with Gasteiger partial charge in [-0.05, 0) is 36.5 Å². The summed E-state index contributed by atoms with van der Waals surface area (Å²) in [4.78, 5) is 17.2. The fourth-order valence-electron chi connectivity index (χ4n) is 3.87. The van der Waals surface area contributed by atoms with Gasteiger partial charge in [0.1, 0.15) is 5.82 Å². The van der Waals surface area contributed by atoms with E-state index in [4.69, 9.17) is 5.73 Å². The Morgan fingerprint density at radius 3 is 2.86 bits per heavy atom. The smallest absolute Gasteiger partial charge is 0.312 e. The van der Waals surface area contributed by atoms with E-state index in [0.717, 1.165) is 24.2 Å². The van der Waals surface area contributed by atoms with Crippen molar-refractivity contribution in [1.82, 2.24) is 4.98 Å². The molecule has 3 aliphatic rings. The largest absolute Gasteiger partial charge is 0.481 e. The molecule has 2 aromatic rings. The van der Waals surface area contributed by atoms with Crippen LogP contribution in [0.5, 0.6) is 0 Å². The van der Waals surface area contributed by atoms with E-state index >= 15 is 0 Å². The lowest BCUT2D eigenvalue weighted by Gasteiger charge is -2.40. The monoisotopic (exact) mass is 285 g/mol. The lowest BCUT2D eigenvalue weighted by atomic mass is 9.83. The molecule has 21 heavy (non-hydrogen) atoms. The summed E-state index contributed by atoms with van der Waals surface area (Å²) in [7, 11) is 0. The lowest BCUT2D eigenvalue weighted by molar-refractivity contribution is -0.138. The van der Waals surface area contributed by atoms with Crippen LogP contribution in [0.2, 0.25) is 0 Å². The SMILES string of the molecule is NCC(C(=O)O)c1ccc2[nH]c3c(c2c1)C1CCN3CC1. The van der Waals surface area contributed by atoms with Crippen molar-refractivity contribution in [2.24, 2.45) is 5.73 Å². The summed E-state index contributed by atoms with van der Waals surface area (Å²) >= 11 is 0. The number of rotatable bonds is 3. The molecule has 5 nitrogen and oxygen atoms in total. The van der Waals surface area contributed by atoms with E-state index in [-0.39, 0.29) is 6.54 Å². The van der Waals surface area contributed by atoms with E-state index < -0.39 is 11.9 Å². The third kappa shape index (κ3) is 1.77. The molecule has 4 heterocycles. The molecular formula is C16H19N3O2. The van der Waals surface area contributed by atoms with Gasteiger partial charge in [-0.25, -0.2) is 0 Å². The van der Waals surface area contributed by atoms with E-state index in [0.29, 0.717) is 5.92 Å². The summed E-state index contributed by atoms with van der Waals surface area (Å²) < 4.78 is 0. The predicted molar refractivity (Wildman–Crippen MR) is 81.9 cm³/mol. The summed E-state index contributed by atoms with van der Waals surface area (Å²) in [6, 6.07) is 5.90. The van der Waals surface area contributed by atoms with Crippen LogP contribution in [0.3, 0.4) is 0 Å². The van der Waals surface area contributed by atoms with E-state index in [1.807, 2.05) is 18.2 Å². The Balaban J connectivity index is 1.88. The number of nitrogens with zero attached hydrogens (tertiary/aromatic N) is 1. The van der Waals surface area contributed by atoms with Crippen molar-refractivity contribution in [3.8, 4) is 0 Å². The van der Waals surface area contributed by atoms with Gasteiger partial charge < -0.3 is 20.7 Å². The molecule has 0 spiro atoms. The van der Waals surface area contributed by atoms with Gasteiger partial charge in [-0.3, -0.25) is 4.79 Å². The van der Waals surface area contributed by atoms with Gasteiger partial charge in [0.05, 0.1) is 5.92 Å². The number of hydrogen-bond donors (Lipinski definition) is 3. The Morgan fingerprint density at radius 1 is 1.43 bits per heavy atom. The van der Waals surface area contributed by atoms with Gasteiger partial charge in [-0.2, -0.15) is 0 Å². The van der Waals surface area contributed by atoms with Crippen molar-refractivity contribution >= 4 is 22.7 Å². The molecule has 4 N–H and O–H groups in total. The maximum absolute atomic E-state index is 11.3. The number of fused-ring (bicyclic) bond motifs is 3. The molecule has 0 saturated carbocycles. The quantitative estimate of drug-likeness (QED) is 0.805. The molecule has 5 rings (SSSR count). The molecule has 1 aromatic carbocycles. The molecule has 1 fully saturated rings. The first-order valence-corrected chi connectivity index (χ1v) is 7.52. The molecule has 1 saturated heterocycles. The average molecular weight is 285 g/mol. The van der Waals surface area contributed by atoms with E-state index in [2.05, 4.69) is 9.88 Å². The summed E-state index contributed by atoms with van der Waals surface area (Å²) in [6.45, 7) is 2.37. The van der Waals surface area contributed by atoms with Crippen molar-refractivity contribution in [2.75, 3.05) is 24.5 Å². The lowest BCUT2D eigenvalue weighted by Crippen LogP contribution is -2.38. The Kier molecular flexibility index (Phi) is 2.72. The highest BCUT2D eigenvalue weighted by Gasteiger charge is 2.34. The summed E-state index contributed by atoms with van der Waals surface area (Å²) in [5.41, 5.74) is 8.91. The number of carboxylic acid groups (broad SMARTS) is 1. The molecule has 1 aromatic heterocycles. The van der Waals surface area contributed by atoms with Gasteiger partial charge in [-0.15, -0.1) is 0 Å². The van der Waals surface area contributed by atoms with Gasteiger partial charge in [0.2, 0.25) is 0 Å². The Labute approximate surface area is 122 Å². The van der Waals surface area contributed by atoms with Gasteiger partial charge in [0, 0.05) is 36.1 Å². The number of aliphatic carboxylic acids is 1. The molecular weight excluding hydrogens is 266 g/mol. The normalized spacial score (nSPS) is 19.0. The fourth-order valence-corrected chi connectivity index (χ4v) is 3.87. The van der Waals surface area contributed by atoms with Gasteiger partial charge in [-0.1, -0.05) is 6.07 Å². The molecule has 0 aliphatic carbocycles. The van der Waals surface area contributed by atoms with Crippen LogP contribution in [0.15, 0.2) is 18.2 Å². The number of piperidine rings is 1. The van der Waals surface area contributed by atoms with Crippen LogP contribution in [0.1, 0.15) is 35.8 Å². The molecule has 110 valence electrons. The second-order valence-electron chi connectivity index (χ2n) is 6.08. The number of aromatic amines is 1. The van der Waals surface area contributed by atoms with E-state index in [9.17, 15) is 9.90 Å². The number of H-pyrrole nitrogens is 1. The summed E-state index contributed by atoms with van der Waals surface area (Å²) in [5, 5.41) is 10.5. The third-order valence-electron chi connectivity index (χ3n) is 5.00. The van der Waals surface area contributed by atoms with Gasteiger partial charge in [0.25, 0.3) is 0 Å². The summed E-state index contributed by atoms with van der Waals surface area (Å²) in [6.07, 6.45) is 2.40. The van der Waals surface area contributed by atoms with Crippen LogP contribution < -0.4 is 10.6 Å². The van der Waals surface area contributed by atoms with Gasteiger partial charge in [0.15, 0.2) is 0 Å². The highest BCUT2D eigenvalue weighted by molar-refractivity contribution is 5.92. The molecule has 0 radical (unpaired) electrons. The second kappa shape index (κ2) is 4.49. The zero-order valence-electron chi connectivity index (χ0n) is 11.8. The Bertz CT molecular complexity index is 714. The molecule has 3 aliphatic heterocycles. The molecule has 1 atom stereocenters. The highest BCUT2D eigenvalue weighted by Crippen LogP contribution is 2.46. The molecule has 1 unspecified atom stereocenters. The molecule has 0 amide bonds. The van der Waals surface area contributed by atoms with Crippen molar-refractivity contribution in [3.05, 3.63) is 29.3 Å². The van der Waals surface area contributed by atoms with Crippen molar-refractivity contribution in [2.45, 2.75) is 24.7 Å². The predicted octanol–water partition coefficient (Wildman–Crippen LogP) is 1.99. The standard InChI is InChI=1S/C16H19N3O2/c17-8-12(16(20)21)10-1-2-13-11(7-10)14-9-3-5-19(6-4-9)15(14)18-13/h1-2,7,9,12,18H,3-6,8,17H2,(H,20,21). The van der Waals surface area contributed by atoms with Crippen LogP contribution in [0, 0.1) is 0 Å². The number of nitrogens with two attached hydrogens (primary N) is 1. The number of benzene rings is 1. The minimum atomic E-state index is -0.855. The Morgan fingerprint density at radius 2 is 2.19 bits per heavy atom. The van der Waals surface area contributed by atoms with Crippen LogP contribution in [-0.2, 0) is 4.79 Å². The van der Waals surface area contributed by atoms with Crippen molar-refractivity contribution in [3.63, 3.8) is 0 Å². The van der Waals surface area contributed by atoms with E-state index in [1.165, 1.54) is 29.6 Å². The van der Waals surface area contributed by atoms with Crippen LogP contribution >= 0.6 is 0 Å². The van der Waals surface area contributed by atoms with E-state index in [1.54, 1.807) is 0 Å². The van der Waals surface area contributed by atoms with Crippen molar-refractivity contribution in [1.29, 1.82) is 0 Å². The average Bonchev–Trinajstić information content (AvgIpc) is 2.90. The maximum Gasteiger partial charge on any atom is 0.312 e. The highest BCUT2D eigenvalue weighted by atomic mass is 16.4. The third-order valence-corrected chi connectivity index (χ3v) is 5.00. The maximum atomic E-state index is 11.3. The first-order valence-electron chi connectivity index (χ1n) is 7.52. The first-order chi connectivity index (χ1) is 10.2. The number of anilines is 1. The number of aromatic nitrogens is 1. The fraction of sp³-hybridized carbons (Fsp3) is 0.438. The van der Waals surface area contributed by atoms with Crippen LogP contribution in [0.4, 0.5) is 5.82 Å². The topological polar surface area (TPSA) is 82.4 Å². The zero-order chi connectivity index (χ0) is 14.6. The van der Waals surface area contributed by atoms with Gasteiger partial charge >= 0.3 is 5.97 Å². The van der Waals surface area contributed by atoms with Crippen LogP contribution in [-0.4, -0.2) is 35.7 Å². The second-order valence-corrected chi connectivity index (χ2v) is 6.08. The minimum Gasteiger partial charge on any atom is -0.481 e. The minimum absolute atomic E-state index is 0.128. The molecule has 2 bridgehead atoms. The number of carbonyl (C=O) groups is 1. The summed E-state index contributed by atoms with van der Waals surface area (Å²) in [5.74, 6) is 0.368. The first kappa shape index (κ1) is 12.7. The molecule has 5 heteroatoms. The number of hydrogen-bond acceptors (Lipinski definition) is 3. The number of nitrogens with one attached hydrogen (secondary N) is 1. The zero-order valence-corrected chi connectivity index (χ0v) is 11.8. The Hall–Kier alpha value is -2.01. The van der Waals surface area contributed by atoms with Crippen LogP contribution in [0.25, 0.3) is 10.9 Å². The number of carboxylic acids is 1.